The van der Waals surface area contributed by atoms with Crippen molar-refractivity contribution in [1.29, 1.82) is 0 Å². The molecule has 0 unspecified atom stereocenters. The van der Waals surface area contributed by atoms with Crippen LogP contribution >= 0.6 is 0 Å². The van der Waals surface area contributed by atoms with Crippen LogP contribution in [-0.2, 0) is 16.6 Å². The number of nitrogens with zero attached hydrogens (tertiary/aromatic N) is 2. The summed E-state index contributed by atoms with van der Waals surface area (Å²) in [6.07, 6.45) is 3.26. The number of aromatic nitrogens is 1. The maximum atomic E-state index is 12.7. The first-order valence-corrected chi connectivity index (χ1v) is 9.91. The average Bonchev–Trinajstić information content (AvgIpc) is 2.91. The summed E-state index contributed by atoms with van der Waals surface area (Å²) in [7, 11) is -2.03. The molecule has 0 N–H and O–H groups in total. The highest BCUT2D eigenvalue weighted by atomic mass is 32.2. The molecule has 2 aromatic rings. The molecule has 0 atom stereocenters. The fraction of sp³-hybridized carbons (Fsp3) is 0.500. The van der Waals surface area contributed by atoms with E-state index in [1.54, 1.807) is 45.2 Å². The molecule has 6 nitrogen and oxygen atoms in total. The third-order valence-corrected chi connectivity index (χ3v) is 5.93. The largest absolute Gasteiger partial charge is 0.494 e. The molecular formula is C18H26N2O4S. The van der Waals surface area contributed by atoms with Gasteiger partial charge in [0, 0.05) is 19.2 Å². The Morgan fingerprint density at radius 1 is 1.16 bits per heavy atom. The number of benzene rings is 1. The molecule has 0 saturated carbocycles. The van der Waals surface area contributed by atoms with E-state index in [9.17, 15) is 8.42 Å². The van der Waals surface area contributed by atoms with Crippen LogP contribution in [0.4, 0.5) is 0 Å². The van der Waals surface area contributed by atoms with Crippen molar-refractivity contribution in [3.05, 3.63) is 41.3 Å². The molecule has 0 fully saturated rings. The number of rotatable bonds is 9. The van der Waals surface area contributed by atoms with E-state index >= 15 is 0 Å². The Kier molecular flexibility index (Phi) is 6.61. The number of aryl methyl sites for hydroxylation is 2. The highest BCUT2D eigenvalue weighted by Crippen LogP contribution is 2.22. The van der Waals surface area contributed by atoms with Crippen LogP contribution in [0.15, 0.2) is 33.7 Å². The summed E-state index contributed by atoms with van der Waals surface area (Å²) < 4.78 is 37.5. The second kappa shape index (κ2) is 8.49. The normalized spacial score (nSPS) is 11.9. The average molecular weight is 366 g/mol. The molecule has 0 aliphatic heterocycles. The van der Waals surface area contributed by atoms with Gasteiger partial charge in [0.2, 0.25) is 10.0 Å². The maximum Gasteiger partial charge on any atom is 0.243 e. The van der Waals surface area contributed by atoms with Gasteiger partial charge in [-0.2, -0.15) is 4.31 Å². The fourth-order valence-electron chi connectivity index (χ4n) is 2.47. The molecule has 0 bridgehead atoms. The number of sulfonamides is 1. The van der Waals surface area contributed by atoms with E-state index in [1.807, 2.05) is 0 Å². The molecule has 1 aromatic heterocycles. The Labute approximate surface area is 149 Å². The van der Waals surface area contributed by atoms with Crippen molar-refractivity contribution in [2.75, 3.05) is 13.7 Å². The predicted molar refractivity (Wildman–Crippen MR) is 96.1 cm³/mol. The molecule has 1 heterocycles. The smallest absolute Gasteiger partial charge is 0.243 e. The van der Waals surface area contributed by atoms with Crippen molar-refractivity contribution >= 4 is 10.0 Å². The Hall–Kier alpha value is -1.86. The number of hydrogen-bond acceptors (Lipinski definition) is 5. The first-order valence-electron chi connectivity index (χ1n) is 8.47. The van der Waals surface area contributed by atoms with E-state index in [-0.39, 0.29) is 11.4 Å². The minimum absolute atomic E-state index is 0.221. The summed E-state index contributed by atoms with van der Waals surface area (Å²) in [5.41, 5.74) is 1.50. The van der Waals surface area contributed by atoms with Crippen molar-refractivity contribution in [3.8, 4) is 5.75 Å². The molecular weight excluding hydrogens is 340 g/mol. The highest BCUT2D eigenvalue weighted by molar-refractivity contribution is 7.89. The topological polar surface area (TPSA) is 72.6 Å². The SMILES string of the molecule is CCCCCOc1ccc(S(=O)(=O)N(C)Cc2c(C)noc2C)cc1. The number of ether oxygens (including phenoxy) is 1. The van der Waals surface area contributed by atoms with Crippen LogP contribution in [0.3, 0.4) is 0 Å². The molecule has 0 radical (unpaired) electrons. The van der Waals surface area contributed by atoms with Crippen molar-refractivity contribution in [1.82, 2.24) is 9.46 Å². The summed E-state index contributed by atoms with van der Waals surface area (Å²) in [6, 6.07) is 6.55. The van der Waals surface area contributed by atoms with Gasteiger partial charge in [-0.15, -0.1) is 0 Å². The number of hydrogen-bond donors (Lipinski definition) is 0. The molecule has 0 spiro atoms. The minimum Gasteiger partial charge on any atom is -0.494 e. The molecule has 0 saturated heterocycles. The van der Waals surface area contributed by atoms with Gasteiger partial charge in [-0.05, 0) is 44.5 Å². The molecule has 25 heavy (non-hydrogen) atoms. The van der Waals surface area contributed by atoms with Crippen molar-refractivity contribution in [2.45, 2.75) is 51.5 Å². The minimum atomic E-state index is -3.59. The monoisotopic (exact) mass is 366 g/mol. The van der Waals surface area contributed by atoms with E-state index in [4.69, 9.17) is 9.26 Å². The summed E-state index contributed by atoms with van der Waals surface area (Å²) in [6.45, 7) is 6.58. The molecule has 0 aliphatic rings. The van der Waals surface area contributed by atoms with Crippen LogP contribution in [0.1, 0.15) is 43.2 Å². The van der Waals surface area contributed by atoms with Gasteiger partial charge in [-0.1, -0.05) is 24.9 Å². The van der Waals surface area contributed by atoms with Crippen LogP contribution < -0.4 is 4.74 Å². The summed E-state index contributed by atoms with van der Waals surface area (Å²) in [4.78, 5) is 0.239. The lowest BCUT2D eigenvalue weighted by molar-refractivity contribution is 0.306. The Morgan fingerprint density at radius 2 is 1.84 bits per heavy atom. The van der Waals surface area contributed by atoms with Gasteiger partial charge in [0.1, 0.15) is 11.5 Å². The second-order valence-electron chi connectivity index (χ2n) is 6.09. The predicted octanol–water partition coefficient (Wildman–Crippen LogP) is 3.68. The molecule has 2 rings (SSSR count). The first kappa shape index (κ1) is 19.5. The van der Waals surface area contributed by atoms with Gasteiger partial charge < -0.3 is 9.26 Å². The Balaban J connectivity index is 2.05. The molecule has 0 aliphatic carbocycles. The lowest BCUT2D eigenvalue weighted by Crippen LogP contribution is -2.26. The van der Waals surface area contributed by atoms with E-state index in [0.717, 1.165) is 24.8 Å². The first-order chi connectivity index (χ1) is 11.9. The van der Waals surface area contributed by atoms with Crippen LogP contribution in [0, 0.1) is 13.8 Å². The van der Waals surface area contributed by atoms with Gasteiger partial charge in [0.25, 0.3) is 0 Å². The maximum absolute atomic E-state index is 12.7. The highest BCUT2D eigenvalue weighted by Gasteiger charge is 2.23. The summed E-state index contributed by atoms with van der Waals surface area (Å²) in [5, 5.41) is 3.86. The molecule has 138 valence electrons. The van der Waals surface area contributed by atoms with E-state index < -0.39 is 10.0 Å². The van der Waals surface area contributed by atoms with E-state index in [2.05, 4.69) is 12.1 Å². The van der Waals surface area contributed by atoms with Crippen LogP contribution in [0.2, 0.25) is 0 Å². The second-order valence-corrected chi connectivity index (χ2v) is 8.14. The van der Waals surface area contributed by atoms with Gasteiger partial charge >= 0.3 is 0 Å². The number of unbranched alkanes of at least 4 members (excludes halogenated alkanes) is 2. The van der Waals surface area contributed by atoms with Crippen molar-refractivity contribution in [3.63, 3.8) is 0 Å². The lowest BCUT2D eigenvalue weighted by atomic mass is 10.2. The third kappa shape index (κ3) is 4.83. The summed E-state index contributed by atoms with van der Waals surface area (Å²) >= 11 is 0. The Bertz CT molecular complexity index is 762. The van der Waals surface area contributed by atoms with E-state index in [1.165, 1.54) is 4.31 Å². The van der Waals surface area contributed by atoms with Gasteiger partial charge in [0.05, 0.1) is 17.2 Å². The standard InChI is InChI=1S/C18H26N2O4S/c1-5-6-7-12-23-16-8-10-17(11-9-16)25(21,22)20(4)13-18-14(2)19-24-15(18)3/h8-11H,5-7,12-13H2,1-4H3. The zero-order valence-corrected chi connectivity index (χ0v) is 16.1. The van der Waals surface area contributed by atoms with Gasteiger partial charge in [0.15, 0.2) is 0 Å². The van der Waals surface area contributed by atoms with E-state index in [0.29, 0.717) is 23.8 Å². The van der Waals surface area contributed by atoms with Crippen molar-refractivity contribution in [2.24, 2.45) is 0 Å². The molecule has 0 amide bonds. The third-order valence-electron chi connectivity index (χ3n) is 4.11. The zero-order chi connectivity index (χ0) is 18.4. The molecule has 7 heteroatoms. The quantitative estimate of drug-likeness (QED) is 0.633. The Morgan fingerprint density at radius 3 is 2.40 bits per heavy atom. The summed E-state index contributed by atoms with van der Waals surface area (Å²) in [5.74, 6) is 1.32. The fourth-order valence-corrected chi connectivity index (χ4v) is 3.60. The van der Waals surface area contributed by atoms with Crippen LogP contribution in [0.5, 0.6) is 5.75 Å². The van der Waals surface area contributed by atoms with Crippen LogP contribution in [0.25, 0.3) is 0 Å². The van der Waals surface area contributed by atoms with Gasteiger partial charge in [-0.25, -0.2) is 8.42 Å². The van der Waals surface area contributed by atoms with Crippen LogP contribution in [-0.4, -0.2) is 31.5 Å². The zero-order valence-electron chi connectivity index (χ0n) is 15.3. The van der Waals surface area contributed by atoms with Crippen molar-refractivity contribution < 1.29 is 17.7 Å². The lowest BCUT2D eigenvalue weighted by Gasteiger charge is -2.17. The molecule has 1 aromatic carbocycles. The van der Waals surface area contributed by atoms with Gasteiger partial charge in [-0.3, -0.25) is 0 Å².